The zero-order chi connectivity index (χ0) is 13.0. The maximum Gasteiger partial charge on any atom is 0.311 e. The summed E-state index contributed by atoms with van der Waals surface area (Å²) in [5.74, 6) is 0.269. The minimum Gasteiger partial charge on any atom is -0.481 e. The van der Waals surface area contributed by atoms with E-state index >= 15 is 0 Å². The van der Waals surface area contributed by atoms with Crippen molar-refractivity contribution >= 4 is 17.0 Å². The molecular formula is C12H12N2O3S. The van der Waals surface area contributed by atoms with E-state index in [1.54, 1.807) is 23.5 Å². The fraction of sp³-hybridized carbons (Fsp3) is 0.167. The lowest BCUT2D eigenvalue weighted by atomic mass is 10.2. The van der Waals surface area contributed by atoms with E-state index in [0.29, 0.717) is 12.2 Å². The number of rotatable bonds is 5. The Morgan fingerprint density at radius 2 is 2.22 bits per heavy atom. The number of thiophene rings is 1. The molecule has 1 aromatic carbocycles. The van der Waals surface area contributed by atoms with Gasteiger partial charge in [0.2, 0.25) is 0 Å². The van der Waals surface area contributed by atoms with Crippen molar-refractivity contribution in [3.8, 4) is 5.75 Å². The molecule has 0 amide bonds. The van der Waals surface area contributed by atoms with Crippen LogP contribution >= 0.6 is 11.3 Å². The normalized spacial score (nSPS) is 10.3. The van der Waals surface area contributed by atoms with Crippen LogP contribution in [0.5, 0.6) is 5.75 Å². The van der Waals surface area contributed by atoms with Gasteiger partial charge in [0.1, 0.15) is 6.61 Å². The average Bonchev–Trinajstić information content (AvgIpc) is 2.89. The van der Waals surface area contributed by atoms with Gasteiger partial charge in [0.05, 0.1) is 4.92 Å². The van der Waals surface area contributed by atoms with Gasteiger partial charge in [-0.05, 0) is 23.1 Å². The lowest BCUT2D eigenvalue weighted by molar-refractivity contribution is -0.386. The zero-order valence-electron chi connectivity index (χ0n) is 9.54. The van der Waals surface area contributed by atoms with Gasteiger partial charge in [-0.3, -0.25) is 10.1 Å². The fourth-order valence-electron chi connectivity index (χ4n) is 1.50. The largest absolute Gasteiger partial charge is 0.481 e. The van der Waals surface area contributed by atoms with Crippen LogP contribution in [0.2, 0.25) is 0 Å². The summed E-state index contributed by atoms with van der Waals surface area (Å²) in [5.41, 5.74) is 6.12. The smallest absolute Gasteiger partial charge is 0.311 e. The van der Waals surface area contributed by atoms with E-state index in [1.165, 1.54) is 6.07 Å². The lowest BCUT2D eigenvalue weighted by Crippen LogP contribution is -2.01. The molecule has 2 N–H and O–H groups in total. The van der Waals surface area contributed by atoms with Crippen LogP contribution in [0, 0.1) is 10.1 Å². The summed E-state index contributed by atoms with van der Waals surface area (Å²) < 4.78 is 5.47. The Bertz CT molecular complexity index is 540. The molecule has 0 saturated carbocycles. The van der Waals surface area contributed by atoms with Crippen LogP contribution < -0.4 is 10.5 Å². The van der Waals surface area contributed by atoms with E-state index in [2.05, 4.69) is 0 Å². The second-order valence-corrected chi connectivity index (χ2v) is 4.66. The molecule has 1 aromatic heterocycles. The second kappa shape index (κ2) is 5.61. The Hall–Kier alpha value is -1.92. The first-order valence-corrected chi connectivity index (χ1v) is 6.21. The van der Waals surface area contributed by atoms with Gasteiger partial charge in [-0.1, -0.05) is 12.1 Å². The topological polar surface area (TPSA) is 78.4 Å². The lowest BCUT2D eigenvalue weighted by Gasteiger charge is -2.06. The van der Waals surface area contributed by atoms with E-state index in [1.807, 2.05) is 17.5 Å². The fourth-order valence-corrected chi connectivity index (χ4v) is 2.11. The maximum absolute atomic E-state index is 10.9. The molecule has 2 aromatic rings. The van der Waals surface area contributed by atoms with Crippen LogP contribution in [0.4, 0.5) is 5.69 Å². The predicted octanol–water partition coefficient (Wildman–Crippen LogP) is 2.69. The minimum atomic E-state index is -0.455. The molecule has 0 aliphatic rings. The van der Waals surface area contributed by atoms with Gasteiger partial charge < -0.3 is 10.5 Å². The standard InChI is InChI=1S/C12H12N2O3S/c13-7-9-3-4-12(11(6-9)14(15)16)17-8-10-2-1-5-18-10/h1-6H,7-8,13H2. The molecule has 0 bridgehead atoms. The SMILES string of the molecule is NCc1ccc(OCc2cccs2)c([N+](=O)[O-])c1. The quantitative estimate of drug-likeness (QED) is 0.665. The highest BCUT2D eigenvalue weighted by Gasteiger charge is 2.15. The summed E-state index contributed by atoms with van der Waals surface area (Å²) >= 11 is 1.55. The zero-order valence-corrected chi connectivity index (χ0v) is 10.4. The second-order valence-electron chi connectivity index (χ2n) is 3.63. The molecular weight excluding hydrogens is 252 g/mol. The number of nitrogens with zero attached hydrogens (tertiary/aromatic N) is 1. The molecule has 0 radical (unpaired) electrons. The average molecular weight is 264 g/mol. The van der Waals surface area contributed by atoms with Crippen LogP contribution in [0.3, 0.4) is 0 Å². The molecule has 0 fully saturated rings. The summed E-state index contributed by atoms with van der Waals surface area (Å²) in [6.07, 6.45) is 0. The first kappa shape index (κ1) is 12.5. The number of ether oxygens (including phenoxy) is 1. The van der Waals surface area contributed by atoms with Crippen molar-refractivity contribution in [1.29, 1.82) is 0 Å². The van der Waals surface area contributed by atoms with Crippen molar-refractivity contribution in [2.45, 2.75) is 13.2 Å². The van der Waals surface area contributed by atoms with Crippen LogP contribution in [0.1, 0.15) is 10.4 Å². The Balaban J connectivity index is 2.18. The molecule has 0 atom stereocenters. The highest BCUT2D eigenvalue weighted by molar-refractivity contribution is 7.09. The highest BCUT2D eigenvalue weighted by atomic mass is 32.1. The maximum atomic E-state index is 10.9. The van der Waals surface area contributed by atoms with Crippen LogP contribution in [-0.2, 0) is 13.2 Å². The van der Waals surface area contributed by atoms with E-state index < -0.39 is 4.92 Å². The molecule has 5 nitrogen and oxygen atoms in total. The van der Waals surface area contributed by atoms with Crippen molar-refractivity contribution in [2.24, 2.45) is 5.73 Å². The van der Waals surface area contributed by atoms with E-state index in [-0.39, 0.29) is 18.0 Å². The van der Waals surface area contributed by atoms with Gasteiger partial charge in [0, 0.05) is 17.5 Å². The molecule has 0 spiro atoms. The summed E-state index contributed by atoms with van der Waals surface area (Å²) in [5, 5.41) is 12.9. The van der Waals surface area contributed by atoms with Gasteiger partial charge in [-0.2, -0.15) is 0 Å². The summed E-state index contributed by atoms with van der Waals surface area (Å²) in [6, 6.07) is 8.61. The van der Waals surface area contributed by atoms with E-state index in [0.717, 1.165) is 4.88 Å². The Labute approximate surface area is 108 Å². The van der Waals surface area contributed by atoms with Crippen LogP contribution in [-0.4, -0.2) is 4.92 Å². The van der Waals surface area contributed by atoms with Crippen molar-refractivity contribution in [3.05, 3.63) is 56.3 Å². The molecule has 0 aliphatic heterocycles. The van der Waals surface area contributed by atoms with Crippen molar-refractivity contribution < 1.29 is 9.66 Å². The molecule has 0 aliphatic carbocycles. The van der Waals surface area contributed by atoms with Gasteiger partial charge in [0.15, 0.2) is 5.75 Å². The Kier molecular flexibility index (Phi) is 3.91. The first-order chi connectivity index (χ1) is 8.70. The number of nitrogens with two attached hydrogens (primary N) is 1. The monoisotopic (exact) mass is 264 g/mol. The van der Waals surface area contributed by atoms with Gasteiger partial charge in [-0.25, -0.2) is 0 Å². The number of nitro benzene ring substituents is 1. The third-order valence-electron chi connectivity index (χ3n) is 2.41. The molecule has 6 heteroatoms. The minimum absolute atomic E-state index is 0.0468. The summed E-state index contributed by atoms with van der Waals surface area (Å²) in [7, 11) is 0. The molecule has 94 valence electrons. The third-order valence-corrected chi connectivity index (χ3v) is 3.26. The van der Waals surface area contributed by atoms with Crippen molar-refractivity contribution in [1.82, 2.24) is 0 Å². The Morgan fingerprint density at radius 1 is 1.39 bits per heavy atom. The van der Waals surface area contributed by atoms with Crippen molar-refractivity contribution in [3.63, 3.8) is 0 Å². The predicted molar refractivity (Wildman–Crippen MR) is 69.6 cm³/mol. The number of hydrogen-bond acceptors (Lipinski definition) is 5. The van der Waals surface area contributed by atoms with Crippen LogP contribution in [0.15, 0.2) is 35.7 Å². The Morgan fingerprint density at radius 3 is 2.83 bits per heavy atom. The third kappa shape index (κ3) is 2.85. The van der Waals surface area contributed by atoms with Gasteiger partial charge >= 0.3 is 5.69 Å². The number of benzene rings is 1. The molecule has 0 unspecified atom stereocenters. The van der Waals surface area contributed by atoms with E-state index in [4.69, 9.17) is 10.5 Å². The van der Waals surface area contributed by atoms with Crippen molar-refractivity contribution in [2.75, 3.05) is 0 Å². The molecule has 18 heavy (non-hydrogen) atoms. The molecule has 1 heterocycles. The van der Waals surface area contributed by atoms with Gasteiger partial charge in [-0.15, -0.1) is 11.3 Å². The van der Waals surface area contributed by atoms with Gasteiger partial charge in [0.25, 0.3) is 0 Å². The van der Waals surface area contributed by atoms with Crippen LogP contribution in [0.25, 0.3) is 0 Å². The van der Waals surface area contributed by atoms with E-state index in [9.17, 15) is 10.1 Å². The highest BCUT2D eigenvalue weighted by Crippen LogP contribution is 2.29. The number of nitro groups is 1. The summed E-state index contributed by atoms with van der Waals surface area (Å²) in [4.78, 5) is 11.5. The molecule has 2 rings (SSSR count). The number of hydrogen-bond donors (Lipinski definition) is 1. The first-order valence-electron chi connectivity index (χ1n) is 5.33. The molecule has 0 saturated heterocycles. The summed E-state index contributed by atoms with van der Waals surface area (Å²) in [6.45, 7) is 0.604.